The monoisotopic (exact) mass is 411 g/mol. The molecule has 1 fully saturated rings. The number of carbonyl (C=O) groups excluding carboxylic acids is 2. The molecule has 0 aliphatic carbocycles. The second kappa shape index (κ2) is 9.37. The highest BCUT2D eigenvalue weighted by Crippen LogP contribution is 2.40. The van der Waals surface area contributed by atoms with Crippen LogP contribution in [-0.4, -0.2) is 48.6 Å². The Bertz CT molecular complexity index is 983. The molecular formula is C23H22FNO5. The lowest BCUT2D eigenvalue weighted by molar-refractivity contribution is -0.140. The van der Waals surface area contributed by atoms with Gasteiger partial charge in [0.1, 0.15) is 23.9 Å². The fraction of sp³-hybridized carbons (Fsp3) is 0.217. The molecule has 30 heavy (non-hydrogen) atoms. The zero-order valence-corrected chi connectivity index (χ0v) is 16.5. The Morgan fingerprint density at radius 1 is 1.23 bits per heavy atom. The van der Waals surface area contributed by atoms with Gasteiger partial charge in [0.25, 0.3) is 11.7 Å². The first-order valence-corrected chi connectivity index (χ1v) is 9.35. The minimum atomic E-state index is -0.836. The van der Waals surface area contributed by atoms with Crippen LogP contribution in [-0.2, 0) is 14.3 Å². The summed E-state index contributed by atoms with van der Waals surface area (Å²) in [5.41, 5.74) is 0.768. The first kappa shape index (κ1) is 21.3. The number of methoxy groups -OCH3 is 1. The molecule has 1 aliphatic rings. The van der Waals surface area contributed by atoms with Gasteiger partial charge in [-0.1, -0.05) is 24.8 Å². The number of Topliss-reactive ketones (excluding diaryl/α,β-unsaturated/α-hetero) is 1. The summed E-state index contributed by atoms with van der Waals surface area (Å²) < 4.78 is 23.9. The number of aliphatic hydroxyl groups excluding tert-OH is 1. The van der Waals surface area contributed by atoms with E-state index in [0.29, 0.717) is 17.9 Å². The molecule has 6 nitrogen and oxygen atoms in total. The van der Waals surface area contributed by atoms with Gasteiger partial charge in [0.2, 0.25) is 0 Å². The van der Waals surface area contributed by atoms with E-state index in [0.717, 1.165) is 0 Å². The van der Waals surface area contributed by atoms with E-state index in [1.54, 1.807) is 30.3 Å². The lowest BCUT2D eigenvalue weighted by Gasteiger charge is -2.25. The predicted octanol–water partition coefficient (Wildman–Crippen LogP) is 3.46. The van der Waals surface area contributed by atoms with Gasteiger partial charge in [0, 0.05) is 19.2 Å². The molecule has 0 aromatic heterocycles. The van der Waals surface area contributed by atoms with Crippen molar-refractivity contribution in [3.05, 3.63) is 83.7 Å². The average Bonchev–Trinajstić information content (AvgIpc) is 3.01. The normalized spacial score (nSPS) is 17.9. The van der Waals surface area contributed by atoms with E-state index in [1.165, 1.54) is 36.3 Å². The van der Waals surface area contributed by atoms with Crippen LogP contribution in [0.3, 0.4) is 0 Å². The maximum Gasteiger partial charge on any atom is 0.295 e. The summed E-state index contributed by atoms with van der Waals surface area (Å²) in [6.45, 7) is 4.28. The fourth-order valence-electron chi connectivity index (χ4n) is 3.34. The molecule has 1 heterocycles. The fourth-order valence-corrected chi connectivity index (χ4v) is 3.34. The van der Waals surface area contributed by atoms with Crippen molar-refractivity contribution in [3.8, 4) is 5.75 Å². The number of hydrogen-bond donors (Lipinski definition) is 1. The smallest absolute Gasteiger partial charge is 0.295 e. The maximum atomic E-state index is 13.3. The highest BCUT2D eigenvalue weighted by Gasteiger charge is 2.45. The predicted molar refractivity (Wildman–Crippen MR) is 109 cm³/mol. The Labute approximate surface area is 173 Å². The molecule has 0 saturated carbocycles. The number of amides is 1. The molecule has 2 aromatic carbocycles. The van der Waals surface area contributed by atoms with Gasteiger partial charge in [-0.25, -0.2) is 4.39 Å². The Hall–Kier alpha value is -3.45. The third-order valence-corrected chi connectivity index (χ3v) is 4.74. The van der Waals surface area contributed by atoms with E-state index in [4.69, 9.17) is 9.47 Å². The van der Waals surface area contributed by atoms with Crippen molar-refractivity contribution in [2.45, 2.75) is 6.04 Å². The summed E-state index contributed by atoms with van der Waals surface area (Å²) in [5.74, 6) is -1.86. The molecular weight excluding hydrogens is 389 g/mol. The summed E-state index contributed by atoms with van der Waals surface area (Å²) in [4.78, 5) is 26.9. The number of rotatable bonds is 8. The third-order valence-electron chi connectivity index (χ3n) is 4.74. The Kier molecular flexibility index (Phi) is 6.64. The van der Waals surface area contributed by atoms with Crippen LogP contribution in [0.25, 0.3) is 5.76 Å². The van der Waals surface area contributed by atoms with E-state index in [-0.39, 0.29) is 30.0 Å². The van der Waals surface area contributed by atoms with Gasteiger partial charge in [-0.05, 0) is 42.0 Å². The van der Waals surface area contributed by atoms with Crippen molar-refractivity contribution in [2.75, 3.05) is 26.9 Å². The van der Waals surface area contributed by atoms with Crippen LogP contribution in [0.15, 0.2) is 66.8 Å². The van der Waals surface area contributed by atoms with Gasteiger partial charge in [-0.2, -0.15) is 0 Å². The van der Waals surface area contributed by atoms with E-state index in [1.807, 2.05) is 0 Å². The first-order chi connectivity index (χ1) is 14.5. The molecule has 1 atom stereocenters. The quantitative estimate of drug-likeness (QED) is 0.312. The largest absolute Gasteiger partial charge is 0.507 e. The number of benzene rings is 2. The average molecular weight is 411 g/mol. The Morgan fingerprint density at radius 3 is 2.63 bits per heavy atom. The second-order valence-electron chi connectivity index (χ2n) is 6.66. The summed E-state index contributed by atoms with van der Waals surface area (Å²) in [7, 11) is 1.49. The number of carbonyl (C=O) groups is 2. The molecule has 1 aliphatic heterocycles. The molecule has 0 spiro atoms. The zero-order valence-electron chi connectivity index (χ0n) is 16.5. The number of likely N-dealkylation sites (tertiary alicyclic amines) is 1. The van der Waals surface area contributed by atoms with Crippen molar-refractivity contribution < 1.29 is 28.6 Å². The van der Waals surface area contributed by atoms with E-state index >= 15 is 0 Å². The third kappa shape index (κ3) is 4.26. The van der Waals surface area contributed by atoms with Crippen molar-refractivity contribution >= 4 is 17.4 Å². The molecule has 7 heteroatoms. The zero-order chi connectivity index (χ0) is 21.7. The van der Waals surface area contributed by atoms with Crippen LogP contribution in [0.5, 0.6) is 5.75 Å². The SMILES string of the molecule is C=CCOc1cccc(C2C(=C(O)c3ccc(F)cc3)C(=O)C(=O)N2CCOC)c1. The number of hydrogen-bond acceptors (Lipinski definition) is 5. The summed E-state index contributed by atoms with van der Waals surface area (Å²) in [6.07, 6.45) is 1.60. The van der Waals surface area contributed by atoms with Crippen LogP contribution < -0.4 is 4.74 Å². The first-order valence-electron chi connectivity index (χ1n) is 9.35. The molecule has 2 aromatic rings. The van der Waals surface area contributed by atoms with Crippen LogP contribution in [0, 0.1) is 5.82 Å². The van der Waals surface area contributed by atoms with Crippen molar-refractivity contribution in [1.29, 1.82) is 0 Å². The number of ether oxygens (including phenoxy) is 2. The summed E-state index contributed by atoms with van der Waals surface area (Å²) >= 11 is 0. The van der Waals surface area contributed by atoms with E-state index < -0.39 is 23.5 Å². The van der Waals surface area contributed by atoms with Crippen LogP contribution in [0.1, 0.15) is 17.2 Å². The van der Waals surface area contributed by atoms with E-state index in [2.05, 4.69) is 6.58 Å². The van der Waals surface area contributed by atoms with Gasteiger partial charge in [-0.15, -0.1) is 0 Å². The number of halogens is 1. The summed E-state index contributed by atoms with van der Waals surface area (Å²) in [5, 5.41) is 10.9. The van der Waals surface area contributed by atoms with Gasteiger partial charge in [0.05, 0.1) is 18.2 Å². The van der Waals surface area contributed by atoms with Crippen molar-refractivity contribution in [3.63, 3.8) is 0 Å². The highest BCUT2D eigenvalue weighted by atomic mass is 19.1. The molecule has 0 bridgehead atoms. The maximum absolute atomic E-state index is 13.3. The molecule has 0 radical (unpaired) electrons. The standard InChI is InChI=1S/C23H22FNO5/c1-3-12-30-18-6-4-5-16(14-18)20-19(21(26)15-7-9-17(24)10-8-15)22(27)23(28)25(20)11-13-29-2/h3-10,14,20,26H,1,11-13H2,2H3. The Morgan fingerprint density at radius 2 is 1.97 bits per heavy atom. The molecule has 1 saturated heterocycles. The lowest BCUT2D eigenvalue weighted by atomic mass is 9.95. The van der Waals surface area contributed by atoms with Crippen molar-refractivity contribution in [1.82, 2.24) is 4.90 Å². The van der Waals surface area contributed by atoms with Gasteiger partial charge in [0.15, 0.2) is 0 Å². The number of nitrogens with zero attached hydrogens (tertiary/aromatic N) is 1. The number of aliphatic hydroxyl groups is 1. The molecule has 1 unspecified atom stereocenters. The van der Waals surface area contributed by atoms with Gasteiger partial charge >= 0.3 is 0 Å². The molecule has 156 valence electrons. The lowest BCUT2D eigenvalue weighted by Crippen LogP contribution is -2.32. The van der Waals surface area contributed by atoms with Crippen molar-refractivity contribution in [2.24, 2.45) is 0 Å². The highest BCUT2D eigenvalue weighted by molar-refractivity contribution is 6.46. The minimum Gasteiger partial charge on any atom is -0.507 e. The molecule has 1 N–H and O–H groups in total. The minimum absolute atomic E-state index is 0.0661. The van der Waals surface area contributed by atoms with Gasteiger partial charge in [-0.3, -0.25) is 9.59 Å². The Balaban J connectivity index is 2.12. The van der Waals surface area contributed by atoms with Crippen LogP contribution >= 0.6 is 0 Å². The van der Waals surface area contributed by atoms with Gasteiger partial charge < -0.3 is 19.5 Å². The second-order valence-corrected chi connectivity index (χ2v) is 6.66. The molecule has 3 rings (SSSR count). The van der Waals surface area contributed by atoms with Crippen LogP contribution in [0.2, 0.25) is 0 Å². The van der Waals surface area contributed by atoms with Crippen LogP contribution in [0.4, 0.5) is 4.39 Å². The number of ketones is 1. The van der Waals surface area contributed by atoms with E-state index in [9.17, 15) is 19.1 Å². The molecule has 1 amide bonds. The summed E-state index contributed by atoms with van der Waals surface area (Å²) in [6, 6.07) is 11.2. The topological polar surface area (TPSA) is 76.1 Å².